The molecular formula is C11H17NO2. The first-order valence-corrected chi connectivity index (χ1v) is 5.35. The molecule has 2 fully saturated rings. The van der Waals surface area contributed by atoms with Gasteiger partial charge in [0, 0.05) is 18.8 Å². The summed E-state index contributed by atoms with van der Waals surface area (Å²) in [5.41, 5.74) is 5.41. The molecule has 14 heavy (non-hydrogen) atoms. The summed E-state index contributed by atoms with van der Waals surface area (Å²) in [6, 6.07) is 0. The molecular weight excluding hydrogens is 178 g/mol. The fraction of sp³-hybridized carbons (Fsp3) is 0.818. The van der Waals surface area contributed by atoms with Crippen molar-refractivity contribution < 1.29 is 9.59 Å². The normalized spacial score (nSPS) is 42.2. The first-order valence-electron chi connectivity index (χ1n) is 5.35. The Morgan fingerprint density at radius 1 is 1.50 bits per heavy atom. The molecule has 2 saturated carbocycles. The lowest BCUT2D eigenvalue weighted by Crippen LogP contribution is -2.40. The fourth-order valence-electron chi connectivity index (χ4n) is 3.28. The number of carbonyl (C=O) groups is 2. The van der Waals surface area contributed by atoms with Crippen LogP contribution in [0.2, 0.25) is 0 Å². The van der Waals surface area contributed by atoms with Gasteiger partial charge in [-0.25, -0.2) is 0 Å². The van der Waals surface area contributed by atoms with Gasteiger partial charge in [-0.05, 0) is 30.6 Å². The van der Waals surface area contributed by atoms with Crippen molar-refractivity contribution in [3.8, 4) is 0 Å². The SMILES string of the molecule is CC12CCC(=O)CC1CCC2C(N)=O. The Labute approximate surface area is 84.0 Å². The number of carbonyl (C=O) groups excluding carboxylic acids is 2. The molecule has 2 N–H and O–H groups in total. The predicted molar refractivity (Wildman–Crippen MR) is 52.4 cm³/mol. The van der Waals surface area contributed by atoms with Crippen molar-refractivity contribution in [1.29, 1.82) is 0 Å². The summed E-state index contributed by atoms with van der Waals surface area (Å²) >= 11 is 0. The summed E-state index contributed by atoms with van der Waals surface area (Å²) in [6.45, 7) is 2.13. The smallest absolute Gasteiger partial charge is 0.221 e. The highest BCUT2D eigenvalue weighted by Crippen LogP contribution is 2.54. The Balaban J connectivity index is 2.22. The molecule has 2 aliphatic carbocycles. The summed E-state index contributed by atoms with van der Waals surface area (Å²) in [6.07, 6.45) is 4.03. The van der Waals surface area contributed by atoms with Crippen LogP contribution in [0.3, 0.4) is 0 Å². The number of ketones is 1. The van der Waals surface area contributed by atoms with E-state index in [-0.39, 0.29) is 17.2 Å². The van der Waals surface area contributed by atoms with Crippen molar-refractivity contribution in [3.05, 3.63) is 0 Å². The molecule has 2 aliphatic rings. The van der Waals surface area contributed by atoms with Gasteiger partial charge in [-0.1, -0.05) is 6.92 Å². The van der Waals surface area contributed by atoms with Gasteiger partial charge in [-0.3, -0.25) is 9.59 Å². The minimum atomic E-state index is -0.177. The van der Waals surface area contributed by atoms with Crippen LogP contribution in [0, 0.1) is 17.3 Å². The quantitative estimate of drug-likeness (QED) is 0.684. The van der Waals surface area contributed by atoms with Gasteiger partial charge in [0.25, 0.3) is 0 Å². The monoisotopic (exact) mass is 195 g/mol. The molecule has 0 aromatic carbocycles. The molecule has 3 unspecified atom stereocenters. The van der Waals surface area contributed by atoms with Crippen LogP contribution in [0.1, 0.15) is 39.0 Å². The van der Waals surface area contributed by atoms with E-state index >= 15 is 0 Å². The zero-order valence-electron chi connectivity index (χ0n) is 8.58. The average Bonchev–Trinajstić information content (AvgIpc) is 2.43. The van der Waals surface area contributed by atoms with Gasteiger partial charge in [0.15, 0.2) is 0 Å². The van der Waals surface area contributed by atoms with Gasteiger partial charge >= 0.3 is 0 Å². The zero-order chi connectivity index (χ0) is 10.3. The number of rotatable bonds is 1. The van der Waals surface area contributed by atoms with Crippen molar-refractivity contribution in [2.45, 2.75) is 39.0 Å². The molecule has 0 heterocycles. The summed E-state index contributed by atoms with van der Waals surface area (Å²) < 4.78 is 0. The largest absolute Gasteiger partial charge is 0.369 e. The lowest BCUT2D eigenvalue weighted by atomic mass is 9.65. The molecule has 0 aliphatic heterocycles. The van der Waals surface area contributed by atoms with Crippen LogP contribution in [0.5, 0.6) is 0 Å². The summed E-state index contributed by atoms with van der Waals surface area (Å²) in [7, 11) is 0. The van der Waals surface area contributed by atoms with Crippen molar-refractivity contribution in [3.63, 3.8) is 0 Å². The third-order valence-electron chi connectivity index (χ3n) is 4.29. The van der Waals surface area contributed by atoms with Gasteiger partial charge in [-0.15, -0.1) is 0 Å². The van der Waals surface area contributed by atoms with E-state index in [1.165, 1.54) is 0 Å². The van der Waals surface area contributed by atoms with Crippen LogP contribution < -0.4 is 5.73 Å². The maximum Gasteiger partial charge on any atom is 0.221 e. The van der Waals surface area contributed by atoms with Crippen molar-refractivity contribution >= 4 is 11.7 Å². The second-order valence-electron chi connectivity index (χ2n) is 4.98. The maximum atomic E-state index is 11.3. The van der Waals surface area contributed by atoms with E-state index in [1.807, 2.05) is 0 Å². The number of nitrogens with two attached hydrogens (primary N) is 1. The second-order valence-corrected chi connectivity index (χ2v) is 4.98. The molecule has 0 spiro atoms. The van der Waals surface area contributed by atoms with Crippen molar-refractivity contribution in [2.24, 2.45) is 23.0 Å². The van der Waals surface area contributed by atoms with Crippen molar-refractivity contribution in [1.82, 2.24) is 0 Å². The molecule has 0 saturated heterocycles. The predicted octanol–water partition coefficient (Wildman–Crippen LogP) is 1.26. The number of fused-ring (bicyclic) bond motifs is 1. The number of Topliss-reactive ketones (excluding diaryl/α,β-unsaturated/α-hetero) is 1. The summed E-state index contributed by atoms with van der Waals surface area (Å²) in [5.74, 6) is 0.587. The maximum absolute atomic E-state index is 11.3. The Hall–Kier alpha value is -0.860. The third kappa shape index (κ3) is 1.26. The van der Waals surface area contributed by atoms with Crippen LogP contribution in [0.4, 0.5) is 0 Å². The zero-order valence-corrected chi connectivity index (χ0v) is 8.58. The van der Waals surface area contributed by atoms with E-state index in [0.29, 0.717) is 24.5 Å². The molecule has 0 radical (unpaired) electrons. The van der Waals surface area contributed by atoms with E-state index in [2.05, 4.69) is 6.92 Å². The Kier molecular flexibility index (Phi) is 2.13. The van der Waals surface area contributed by atoms with Crippen LogP contribution in [0.15, 0.2) is 0 Å². The highest BCUT2D eigenvalue weighted by atomic mass is 16.1. The van der Waals surface area contributed by atoms with Crippen molar-refractivity contribution in [2.75, 3.05) is 0 Å². The van der Waals surface area contributed by atoms with E-state index in [9.17, 15) is 9.59 Å². The highest BCUT2D eigenvalue weighted by molar-refractivity contribution is 5.82. The fourth-order valence-corrected chi connectivity index (χ4v) is 3.28. The first kappa shape index (κ1) is 9.69. The van der Waals surface area contributed by atoms with E-state index in [4.69, 9.17) is 5.73 Å². The Morgan fingerprint density at radius 2 is 2.21 bits per heavy atom. The number of hydrogen-bond acceptors (Lipinski definition) is 2. The van der Waals surface area contributed by atoms with Crippen LogP contribution in [-0.2, 0) is 9.59 Å². The minimum absolute atomic E-state index is 0.000556. The number of hydrogen-bond donors (Lipinski definition) is 1. The summed E-state index contributed by atoms with van der Waals surface area (Å²) in [5, 5.41) is 0. The van der Waals surface area contributed by atoms with E-state index < -0.39 is 0 Å². The molecule has 0 bridgehead atoms. The molecule has 0 aromatic heterocycles. The van der Waals surface area contributed by atoms with Crippen LogP contribution in [-0.4, -0.2) is 11.7 Å². The highest BCUT2D eigenvalue weighted by Gasteiger charge is 2.51. The van der Waals surface area contributed by atoms with E-state index in [1.54, 1.807) is 0 Å². The molecule has 2 rings (SSSR count). The summed E-state index contributed by atoms with van der Waals surface area (Å²) in [4.78, 5) is 22.6. The first-order chi connectivity index (χ1) is 6.54. The van der Waals surface area contributed by atoms with Gasteiger partial charge in [0.1, 0.15) is 5.78 Å². The third-order valence-corrected chi connectivity index (χ3v) is 4.29. The number of amides is 1. The van der Waals surface area contributed by atoms with Gasteiger partial charge in [0.05, 0.1) is 0 Å². The molecule has 0 aromatic rings. The lowest BCUT2D eigenvalue weighted by molar-refractivity contribution is -0.131. The average molecular weight is 195 g/mol. The second kappa shape index (κ2) is 3.07. The topological polar surface area (TPSA) is 60.2 Å². The van der Waals surface area contributed by atoms with Gasteiger partial charge in [-0.2, -0.15) is 0 Å². The molecule has 3 atom stereocenters. The Bertz CT molecular complexity index is 287. The number of primary amides is 1. The molecule has 3 heteroatoms. The van der Waals surface area contributed by atoms with Crippen LogP contribution >= 0.6 is 0 Å². The van der Waals surface area contributed by atoms with Gasteiger partial charge < -0.3 is 5.73 Å². The standard InChI is InChI=1S/C11H17NO2/c1-11-5-4-8(13)6-7(11)2-3-9(11)10(12)14/h7,9H,2-6H2,1H3,(H2,12,14). The molecule has 3 nitrogen and oxygen atoms in total. The molecule has 1 amide bonds. The molecule has 78 valence electrons. The van der Waals surface area contributed by atoms with E-state index in [0.717, 1.165) is 19.3 Å². The Morgan fingerprint density at radius 3 is 2.86 bits per heavy atom. The lowest BCUT2D eigenvalue weighted by Gasteiger charge is -2.38. The van der Waals surface area contributed by atoms with Crippen LogP contribution in [0.25, 0.3) is 0 Å². The van der Waals surface area contributed by atoms with Gasteiger partial charge in [0.2, 0.25) is 5.91 Å². The minimum Gasteiger partial charge on any atom is -0.369 e.